The summed E-state index contributed by atoms with van der Waals surface area (Å²) in [5, 5.41) is 15.3. The molecule has 0 aliphatic carbocycles. The van der Waals surface area contributed by atoms with Gasteiger partial charge in [-0.2, -0.15) is 0 Å². The van der Waals surface area contributed by atoms with Crippen LogP contribution in [0.3, 0.4) is 0 Å². The number of carbonyl (C=O) groups is 2. The molecule has 1 aromatic heterocycles. The number of thioether (sulfide) groups is 1. The summed E-state index contributed by atoms with van der Waals surface area (Å²) in [6, 6.07) is 0.557. The van der Waals surface area contributed by atoms with Crippen molar-refractivity contribution in [1.29, 1.82) is 0 Å². The van der Waals surface area contributed by atoms with E-state index in [1.165, 1.54) is 16.7 Å². The van der Waals surface area contributed by atoms with Gasteiger partial charge in [-0.25, -0.2) is 9.59 Å². The lowest BCUT2D eigenvalue weighted by Gasteiger charge is -2.20. The smallest absolute Gasteiger partial charge is 0.327 e. The molecule has 2 heterocycles. The van der Waals surface area contributed by atoms with E-state index in [1.54, 1.807) is 13.0 Å². The lowest BCUT2D eigenvalue weighted by molar-refractivity contribution is -0.140. The third-order valence-corrected chi connectivity index (χ3v) is 3.53. The highest BCUT2D eigenvalue weighted by atomic mass is 32.2. The Balaban J connectivity index is 1.89. The standard InChI is InChI=1S/C10H13N3O4S/c1-6-2-7(17-12-6)3-11-10(16)13-5-18-4-8(13)9(14)15/h2,8H,3-5H2,1H3,(H,11,16)(H,14,15)/t8-/m0/s1. The van der Waals surface area contributed by atoms with Crippen LogP contribution < -0.4 is 5.32 Å². The van der Waals surface area contributed by atoms with Crippen LogP contribution in [0, 0.1) is 6.92 Å². The van der Waals surface area contributed by atoms with Gasteiger partial charge in [0, 0.05) is 11.8 Å². The van der Waals surface area contributed by atoms with Crippen LogP contribution >= 0.6 is 11.8 Å². The van der Waals surface area contributed by atoms with Crippen LogP contribution in [-0.4, -0.2) is 44.8 Å². The average Bonchev–Trinajstić information content (AvgIpc) is 2.94. The van der Waals surface area contributed by atoms with Gasteiger partial charge in [-0.3, -0.25) is 0 Å². The van der Waals surface area contributed by atoms with Crippen molar-refractivity contribution in [2.24, 2.45) is 0 Å². The van der Waals surface area contributed by atoms with E-state index in [1.807, 2.05) is 0 Å². The molecule has 0 spiro atoms. The molecule has 0 radical (unpaired) electrons. The van der Waals surface area contributed by atoms with Crippen LogP contribution in [0.5, 0.6) is 0 Å². The molecule has 0 saturated carbocycles. The van der Waals surface area contributed by atoms with Crippen molar-refractivity contribution in [2.75, 3.05) is 11.6 Å². The summed E-state index contributed by atoms with van der Waals surface area (Å²) in [6.45, 7) is 1.99. The summed E-state index contributed by atoms with van der Waals surface area (Å²) in [7, 11) is 0. The van der Waals surface area contributed by atoms with E-state index in [4.69, 9.17) is 9.63 Å². The summed E-state index contributed by atoms with van der Waals surface area (Å²) < 4.78 is 4.95. The zero-order valence-electron chi connectivity index (χ0n) is 9.75. The Kier molecular flexibility index (Phi) is 3.75. The number of hydrogen-bond donors (Lipinski definition) is 2. The second kappa shape index (κ2) is 5.30. The molecule has 1 aromatic rings. The maximum atomic E-state index is 11.8. The third-order valence-electron chi connectivity index (χ3n) is 2.52. The number of carboxylic acids is 1. The Morgan fingerprint density at radius 2 is 2.50 bits per heavy atom. The fourth-order valence-corrected chi connectivity index (χ4v) is 2.76. The molecule has 2 rings (SSSR count). The van der Waals surface area contributed by atoms with Crippen LogP contribution in [0.15, 0.2) is 10.6 Å². The van der Waals surface area contributed by atoms with E-state index >= 15 is 0 Å². The second-order valence-electron chi connectivity index (χ2n) is 3.92. The quantitative estimate of drug-likeness (QED) is 0.838. The Morgan fingerprint density at radius 3 is 3.11 bits per heavy atom. The number of nitrogens with zero attached hydrogens (tertiary/aromatic N) is 2. The van der Waals surface area contributed by atoms with Crippen LogP contribution in [0.25, 0.3) is 0 Å². The number of rotatable bonds is 3. The van der Waals surface area contributed by atoms with Crippen molar-refractivity contribution < 1.29 is 19.2 Å². The predicted molar refractivity (Wildman–Crippen MR) is 64.1 cm³/mol. The SMILES string of the molecule is Cc1cc(CNC(=O)N2CSC[C@H]2C(=O)O)on1. The molecule has 1 atom stereocenters. The van der Waals surface area contributed by atoms with Gasteiger partial charge in [0.1, 0.15) is 6.04 Å². The summed E-state index contributed by atoms with van der Waals surface area (Å²) in [5.41, 5.74) is 0.736. The van der Waals surface area contributed by atoms with Crippen molar-refractivity contribution in [3.05, 3.63) is 17.5 Å². The monoisotopic (exact) mass is 271 g/mol. The van der Waals surface area contributed by atoms with Gasteiger partial charge in [0.05, 0.1) is 18.1 Å². The maximum Gasteiger partial charge on any atom is 0.327 e. The fourth-order valence-electron chi connectivity index (χ4n) is 1.61. The number of aromatic nitrogens is 1. The van der Waals surface area contributed by atoms with E-state index in [9.17, 15) is 9.59 Å². The molecule has 7 nitrogen and oxygen atoms in total. The average molecular weight is 271 g/mol. The minimum absolute atomic E-state index is 0.202. The van der Waals surface area contributed by atoms with Crippen LogP contribution in [0.2, 0.25) is 0 Å². The maximum absolute atomic E-state index is 11.8. The molecule has 2 N–H and O–H groups in total. The van der Waals surface area contributed by atoms with E-state index in [-0.39, 0.29) is 6.54 Å². The predicted octanol–water partition coefficient (Wildman–Crippen LogP) is 0.652. The van der Waals surface area contributed by atoms with E-state index in [0.717, 1.165) is 5.69 Å². The number of carboxylic acid groups (broad SMARTS) is 1. The molecule has 1 fully saturated rings. The highest BCUT2D eigenvalue weighted by molar-refractivity contribution is 7.99. The Morgan fingerprint density at radius 1 is 1.72 bits per heavy atom. The first-order chi connectivity index (χ1) is 8.58. The van der Waals surface area contributed by atoms with E-state index in [0.29, 0.717) is 17.4 Å². The number of hydrogen-bond acceptors (Lipinski definition) is 5. The Bertz CT molecular complexity index is 462. The van der Waals surface area contributed by atoms with Gasteiger partial charge >= 0.3 is 12.0 Å². The topological polar surface area (TPSA) is 95.7 Å². The van der Waals surface area contributed by atoms with Crippen LogP contribution in [-0.2, 0) is 11.3 Å². The van der Waals surface area contributed by atoms with Crippen LogP contribution in [0.4, 0.5) is 4.79 Å². The van der Waals surface area contributed by atoms with Gasteiger partial charge in [-0.15, -0.1) is 11.8 Å². The van der Waals surface area contributed by atoms with Gasteiger partial charge in [0.25, 0.3) is 0 Å². The molecule has 18 heavy (non-hydrogen) atoms. The van der Waals surface area contributed by atoms with Crippen molar-refractivity contribution >= 4 is 23.8 Å². The summed E-state index contributed by atoms with van der Waals surface area (Å²) in [6.07, 6.45) is 0. The number of urea groups is 1. The number of aryl methyl sites for hydroxylation is 1. The molecule has 2 amide bonds. The molecule has 8 heteroatoms. The lowest BCUT2D eigenvalue weighted by Crippen LogP contribution is -2.46. The normalized spacial score (nSPS) is 18.9. The zero-order chi connectivity index (χ0) is 13.1. The molecule has 98 valence electrons. The molecule has 1 aliphatic rings. The molecule has 1 saturated heterocycles. The van der Waals surface area contributed by atoms with Gasteiger partial charge in [0.15, 0.2) is 5.76 Å². The first-order valence-corrected chi connectivity index (χ1v) is 6.50. The van der Waals surface area contributed by atoms with Crippen molar-refractivity contribution in [2.45, 2.75) is 19.5 Å². The molecular weight excluding hydrogens is 258 g/mol. The number of aliphatic carboxylic acids is 1. The minimum Gasteiger partial charge on any atom is -0.480 e. The molecule has 0 aromatic carbocycles. The Hall–Kier alpha value is -1.70. The zero-order valence-corrected chi connectivity index (χ0v) is 10.6. The second-order valence-corrected chi connectivity index (χ2v) is 4.92. The largest absolute Gasteiger partial charge is 0.480 e. The first-order valence-electron chi connectivity index (χ1n) is 5.35. The van der Waals surface area contributed by atoms with E-state index in [2.05, 4.69) is 10.5 Å². The van der Waals surface area contributed by atoms with Crippen molar-refractivity contribution in [3.8, 4) is 0 Å². The fraction of sp³-hybridized carbons (Fsp3) is 0.500. The lowest BCUT2D eigenvalue weighted by atomic mass is 10.3. The molecule has 0 unspecified atom stereocenters. The van der Waals surface area contributed by atoms with Crippen molar-refractivity contribution in [1.82, 2.24) is 15.4 Å². The molecular formula is C10H13N3O4S. The van der Waals surface area contributed by atoms with Gasteiger partial charge in [-0.1, -0.05) is 5.16 Å². The van der Waals surface area contributed by atoms with E-state index < -0.39 is 18.0 Å². The summed E-state index contributed by atoms with van der Waals surface area (Å²) >= 11 is 1.42. The summed E-state index contributed by atoms with van der Waals surface area (Å²) in [5.74, 6) is 0.368. The first kappa shape index (κ1) is 12.7. The highest BCUT2D eigenvalue weighted by Gasteiger charge is 2.34. The van der Waals surface area contributed by atoms with Crippen LogP contribution in [0.1, 0.15) is 11.5 Å². The number of amides is 2. The van der Waals surface area contributed by atoms with Gasteiger partial charge in [0.2, 0.25) is 0 Å². The number of carbonyl (C=O) groups excluding carboxylic acids is 1. The minimum atomic E-state index is -0.981. The Labute approximate surface area is 107 Å². The highest BCUT2D eigenvalue weighted by Crippen LogP contribution is 2.20. The third kappa shape index (κ3) is 2.76. The molecule has 0 bridgehead atoms. The van der Waals surface area contributed by atoms with Gasteiger partial charge < -0.3 is 19.8 Å². The molecule has 1 aliphatic heterocycles. The summed E-state index contributed by atoms with van der Waals surface area (Å²) in [4.78, 5) is 24.0. The number of nitrogens with one attached hydrogen (secondary N) is 1. The van der Waals surface area contributed by atoms with Crippen molar-refractivity contribution in [3.63, 3.8) is 0 Å². The van der Waals surface area contributed by atoms with Gasteiger partial charge in [-0.05, 0) is 6.92 Å².